The number of carbonyl (C=O) groups is 4. The molecule has 1 aliphatic heterocycles. The molecule has 1 fully saturated rings. The van der Waals surface area contributed by atoms with Crippen molar-refractivity contribution in [3.63, 3.8) is 0 Å². The summed E-state index contributed by atoms with van der Waals surface area (Å²) in [6, 6.07) is -2.53. The van der Waals surface area contributed by atoms with Crippen LogP contribution in [0.3, 0.4) is 0 Å². The van der Waals surface area contributed by atoms with Gasteiger partial charge in [-0.1, -0.05) is 48.0 Å². The lowest BCUT2D eigenvalue weighted by Gasteiger charge is -2.33. The van der Waals surface area contributed by atoms with Gasteiger partial charge in [0.15, 0.2) is 0 Å². The van der Waals surface area contributed by atoms with Crippen LogP contribution in [0, 0.1) is 17.8 Å². The maximum atomic E-state index is 13.3. The molecule has 1 heterocycles. The van der Waals surface area contributed by atoms with Gasteiger partial charge < -0.3 is 31.7 Å². The second-order valence-corrected chi connectivity index (χ2v) is 10.6. The van der Waals surface area contributed by atoms with E-state index in [0.29, 0.717) is 32.2 Å². The SMILES string of the molecule is CC[C@H](C)[C@@H](NC[C@H](O)[C@@H](CC(C)C)NC(C)=O)C(=O)N[C@@H](C(=O)N1CCC[C@@H]1C(N)=O)C(C)C. The summed E-state index contributed by atoms with van der Waals surface area (Å²) >= 11 is 0. The van der Waals surface area contributed by atoms with Crippen LogP contribution in [0.5, 0.6) is 0 Å². The first-order valence-electron chi connectivity index (χ1n) is 12.9. The zero-order chi connectivity index (χ0) is 26.9. The summed E-state index contributed by atoms with van der Waals surface area (Å²) in [5.74, 6) is -1.40. The third-order valence-electron chi connectivity index (χ3n) is 6.72. The quantitative estimate of drug-likeness (QED) is 0.236. The predicted octanol–water partition coefficient (Wildman–Crippen LogP) is 0.520. The molecular weight excluding hydrogens is 450 g/mol. The fourth-order valence-corrected chi connectivity index (χ4v) is 4.52. The second kappa shape index (κ2) is 14.4. The molecule has 202 valence electrons. The van der Waals surface area contributed by atoms with Crippen LogP contribution in [-0.2, 0) is 19.2 Å². The smallest absolute Gasteiger partial charge is 0.246 e. The van der Waals surface area contributed by atoms with E-state index in [1.54, 1.807) is 0 Å². The van der Waals surface area contributed by atoms with Crippen LogP contribution in [0.25, 0.3) is 0 Å². The van der Waals surface area contributed by atoms with Gasteiger partial charge in [0, 0.05) is 20.0 Å². The van der Waals surface area contributed by atoms with Crippen molar-refractivity contribution < 1.29 is 24.3 Å². The third kappa shape index (κ3) is 9.40. The Morgan fingerprint density at radius 2 is 1.69 bits per heavy atom. The zero-order valence-electron chi connectivity index (χ0n) is 22.5. The van der Waals surface area contributed by atoms with Crippen molar-refractivity contribution in [3.8, 4) is 0 Å². The van der Waals surface area contributed by atoms with Gasteiger partial charge in [-0.05, 0) is 37.0 Å². The van der Waals surface area contributed by atoms with E-state index in [2.05, 4.69) is 16.0 Å². The molecule has 0 aliphatic carbocycles. The molecule has 1 rings (SSSR count). The predicted molar refractivity (Wildman–Crippen MR) is 135 cm³/mol. The number of primary amides is 1. The number of amides is 4. The molecule has 0 radical (unpaired) electrons. The molecule has 0 aromatic heterocycles. The summed E-state index contributed by atoms with van der Waals surface area (Å²) in [6.45, 7) is 13.6. The molecule has 0 aromatic carbocycles. The molecule has 0 saturated carbocycles. The highest BCUT2D eigenvalue weighted by Crippen LogP contribution is 2.20. The average molecular weight is 498 g/mol. The fraction of sp³-hybridized carbons (Fsp3) is 0.840. The molecule has 0 unspecified atom stereocenters. The molecule has 4 amide bonds. The monoisotopic (exact) mass is 497 g/mol. The molecular formula is C25H47N5O5. The molecule has 1 aliphatic rings. The molecule has 0 bridgehead atoms. The van der Waals surface area contributed by atoms with Crippen LogP contribution >= 0.6 is 0 Å². The van der Waals surface area contributed by atoms with Crippen LogP contribution in [0.4, 0.5) is 0 Å². The Morgan fingerprint density at radius 1 is 1.06 bits per heavy atom. The minimum absolute atomic E-state index is 0.0698. The van der Waals surface area contributed by atoms with E-state index < -0.39 is 36.2 Å². The number of hydrogen-bond donors (Lipinski definition) is 5. The highest BCUT2D eigenvalue weighted by molar-refractivity contribution is 5.93. The number of carbonyl (C=O) groups excluding carboxylic acids is 4. The minimum atomic E-state index is -0.885. The van der Waals surface area contributed by atoms with Gasteiger partial charge in [0.25, 0.3) is 0 Å². The van der Waals surface area contributed by atoms with E-state index in [4.69, 9.17) is 5.73 Å². The Morgan fingerprint density at radius 3 is 2.17 bits per heavy atom. The highest BCUT2D eigenvalue weighted by Gasteiger charge is 2.39. The van der Waals surface area contributed by atoms with Crippen molar-refractivity contribution in [1.82, 2.24) is 20.9 Å². The number of aliphatic hydroxyl groups is 1. The first-order chi connectivity index (χ1) is 16.3. The first-order valence-corrected chi connectivity index (χ1v) is 12.9. The summed E-state index contributed by atoms with van der Waals surface area (Å²) in [4.78, 5) is 51.5. The van der Waals surface area contributed by atoms with Crippen molar-refractivity contribution in [2.75, 3.05) is 13.1 Å². The summed E-state index contributed by atoms with van der Waals surface area (Å²) in [7, 11) is 0. The molecule has 0 spiro atoms. The largest absolute Gasteiger partial charge is 0.390 e. The number of nitrogens with zero attached hydrogens (tertiary/aromatic N) is 1. The number of hydrogen-bond acceptors (Lipinski definition) is 6. The Kier molecular flexibility index (Phi) is 12.7. The summed E-state index contributed by atoms with van der Waals surface area (Å²) in [5.41, 5.74) is 5.48. The van der Waals surface area contributed by atoms with Gasteiger partial charge in [-0.25, -0.2) is 0 Å². The van der Waals surface area contributed by atoms with Crippen LogP contribution < -0.4 is 21.7 Å². The Hall–Kier alpha value is -2.20. The van der Waals surface area contributed by atoms with Gasteiger partial charge in [0.05, 0.1) is 18.2 Å². The van der Waals surface area contributed by atoms with Crippen LogP contribution in [0.2, 0.25) is 0 Å². The third-order valence-corrected chi connectivity index (χ3v) is 6.72. The molecule has 1 saturated heterocycles. The molecule has 10 nitrogen and oxygen atoms in total. The van der Waals surface area contributed by atoms with Crippen molar-refractivity contribution in [3.05, 3.63) is 0 Å². The van der Waals surface area contributed by atoms with Gasteiger partial charge in [-0.15, -0.1) is 0 Å². The van der Waals surface area contributed by atoms with E-state index in [0.717, 1.165) is 0 Å². The number of rotatable bonds is 14. The standard InChI is InChI=1S/C25H47N5O5/c1-8-16(6)22(27-13-20(32)18(12-14(2)3)28-17(7)31)24(34)29-21(15(4)5)25(35)30-11-9-10-19(30)23(26)33/h14-16,18-22,27,32H,8-13H2,1-7H3,(H2,26,33)(H,28,31)(H,29,34)/t16-,18+,19+,20-,21+,22+/m0/s1. The van der Waals surface area contributed by atoms with E-state index in [1.165, 1.54) is 11.8 Å². The van der Waals surface area contributed by atoms with Gasteiger partial charge in [-0.2, -0.15) is 0 Å². The van der Waals surface area contributed by atoms with E-state index in [9.17, 15) is 24.3 Å². The summed E-state index contributed by atoms with van der Waals surface area (Å²) in [5, 5.41) is 19.6. The molecule has 35 heavy (non-hydrogen) atoms. The normalized spacial score (nSPS) is 20.3. The Labute approximate surface area is 210 Å². The molecule has 10 heteroatoms. The van der Waals surface area contributed by atoms with Gasteiger partial charge in [-0.3, -0.25) is 19.2 Å². The summed E-state index contributed by atoms with van der Waals surface area (Å²) in [6.07, 6.45) is 1.64. The lowest BCUT2D eigenvalue weighted by atomic mass is 9.95. The van der Waals surface area contributed by atoms with Gasteiger partial charge in [0.2, 0.25) is 23.6 Å². The van der Waals surface area contributed by atoms with Crippen LogP contribution in [0.1, 0.15) is 74.1 Å². The maximum Gasteiger partial charge on any atom is 0.246 e. The average Bonchev–Trinajstić information content (AvgIpc) is 3.25. The van der Waals surface area contributed by atoms with E-state index in [1.807, 2.05) is 41.5 Å². The van der Waals surface area contributed by atoms with Crippen molar-refractivity contribution >= 4 is 23.6 Å². The van der Waals surface area contributed by atoms with Crippen LogP contribution in [0.15, 0.2) is 0 Å². The summed E-state index contributed by atoms with van der Waals surface area (Å²) < 4.78 is 0. The zero-order valence-corrected chi connectivity index (χ0v) is 22.5. The van der Waals surface area contributed by atoms with Crippen molar-refractivity contribution in [2.45, 2.75) is 104 Å². The van der Waals surface area contributed by atoms with Crippen molar-refractivity contribution in [2.24, 2.45) is 23.5 Å². The number of aliphatic hydroxyl groups excluding tert-OH is 1. The fourth-order valence-electron chi connectivity index (χ4n) is 4.52. The molecule has 6 N–H and O–H groups in total. The molecule has 6 atom stereocenters. The second-order valence-electron chi connectivity index (χ2n) is 10.6. The number of nitrogens with two attached hydrogens (primary N) is 1. The highest BCUT2D eigenvalue weighted by atomic mass is 16.3. The lowest BCUT2D eigenvalue weighted by Crippen LogP contribution is -2.59. The van der Waals surface area contributed by atoms with Crippen molar-refractivity contribution in [1.29, 1.82) is 0 Å². The van der Waals surface area contributed by atoms with Crippen LogP contribution in [-0.4, -0.2) is 77.0 Å². The van der Waals surface area contributed by atoms with E-state index in [-0.39, 0.29) is 42.0 Å². The van der Waals surface area contributed by atoms with Gasteiger partial charge >= 0.3 is 0 Å². The number of likely N-dealkylation sites (tertiary alicyclic amines) is 1. The maximum absolute atomic E-state index is 13.3. The minimum Gasteiger partial charge on any atom is -0.390 e. The molecule has 0 aromatic rings. The van der Waals surface area contributed by atoms with E-state index >= 15 is 0 Å². The first kappa shape index (κ1) is 30.8. The Balaban J connectivity index is 2.96. The topological polar surface area (TPSA) is 154 Å². The lowest BCUT2D eigenvalue weighted by molar-refractivity contribution is -0.142. The number of nitrogens with one attached hydrogen (secondary N) is 3. The van der Waals surface area contributed by atoms with Gasteiger partial charge in [0.1, 0.15) is 12.1 Å². The Bertz CT molecular complexity index is 729.